The van der Waals surface area contributed by atoms with Gasteiger partial charge in [-0.25, -0.2) is 0 Å². The SMILES string of the molecule is C=CCOP(=O)(CCC(=O)c1ccc2c(c1)c1cc([N+](=O)[O-])ccc1n2CCC)OCC=C. The summed E-state index contributed by atoms with van der Waals surface area (Å²) in [6, 6.07) is 10.1. The lowest BCUT2D eigenvalue weighted by Crippen LogP contribution is -2.07. The second-order valence-electron chi connectivity index (χ2n) is 7.52. The Bertz CT molecular complexity index is 1250. The Morgan fingerprint density at radius 1 is 1.09 bits per heavy atom. The highest BCUT2D eigenvalue weighted by Crippen LogP contribution is 2.49. The van der Waals surface area contributed by atoms with Crippen LogP contribution < -0.4 is 0 Å². The van der Waals surface area contributed by atoms with E-state index in [1.807, 2.05) is 6.07 Å². The Morgan fingerprint density at radius 2 is 1.70 bits per heavy atom. The Balaban J connectivity index is 1.95. The van der Waals surface area contributed by atoms with Crippen molar-refractivity contribution in [1.29, 1.82) is 0 Å². The van der Waals surface area contributed by atoms with Gasteiger partial charge in [0.15, 0.2) is 5.78 Å². The van der Waals surface area contributed by atoms with Crippen molar-refractivity contribution in [3.05, 3.63) is 77.4 Å². The molecule has 1 heterocycles. The molecule has 0 aliphatic rings. The Labute approximate surface area is 192 Å². The number of fused-ring (bicyclic) bond motifs is 3. The van der Waals surface area contributed by atoms with Gasteiger partial charge in [-0.3, -0.25) is 19.5 Å². The van der Waals surface area contributed by atoms with Gasteiger partial charge in [0.25, 0.3) is 5.69 Å². The summed E-state index contributed by atoms with van der Waals surface area (Å²) in [5.74, 6) is -0.219. The minimum atomic E-state index is -3.48. The molecule has 2 aromatic carbocycles. The molecule has 0 aliphatic carbocycles. The number of ketones is 1. The Hall–Kier alpha value is -3.06. The fourth-order valence-corrected chi connectivity index (χ4v) is 5.20. The smallest absolute Gasteiger partial charge is 0.331 e. The number of hydrogen-bond donors (Lipinski definition) is 0. The number of rotatable bonds is 13. The summed E-state index contributed by atoms with van der Waals surface area (Å²) < 4.78 is 25.6. The number of Topliss-reactive ketones (excluding diaryl/α,β-unsaturated/α-hetero) is 1. The van der Waals surface area contributed by atoms with E-state index in [4.69, 9.17) is 9.05 Å². The van der Waals surface area contributed by atoms with E-state index < -0.39 is 12.5 Å². The lowest BCUT2D eigenvalue weighted by Gasteiger charge is -2.16. The minimum Gasteiger partial charge on any atom is -0.340 e. The van der Waals surface area contributed by atoms with Gasteiger partial charge in [0.05, 0.1) is 24.3 Å². The first-order chi connectivity index (χ1) is 15.8. The van der Waals surface area contributed by atoms with E-state index in [-0.39, 0.29) is 37.3 Å². The van der Waals surface area contributed by atoms with Crippen LogP contribution in [0.2, 0.25) is 0 Å². The molecule has 8 nitrogen and oxygen atoms in total. The molecule has 0 saturated heterocycles. The van der Waals surface area contributed by atoms with Gasteiger partial charge in [0.2, 0.25) is 0 Å². The van der Waals surface area contributed by atoms with Crippen molar-refractivity contribution in [1.82, 2.24) is 4.57 Å². The van der Waals surface area contributed by atoms with Crippen LogP contribution in [0.3, 0.4) is 0 Å². The normalized spacial score (nSPS) is 11.7. The van der Waals surface area contributed by atoms with Crippen molar-refractivity contribution in [3.8, 4) is 0 Å². The highest BCUT2D eigenvalue weighted by Gasteiger charge is 2.25. The van der Waals surface area contributed by atoms with Crippen molar-refractivity contribution in [2.75, 3.05) is 19.4 Å². The molecule has 3 rings (SSSR count). The van der Waals surface area contributed by atoms with Crippen LogP contribution in [0.15, 0.2) is 61.7 Å². The lowest BCUT2D eigenvalue weighted by molar-refractivity contribution is -0.384. The summed E-state index contributed by atoms with van der Waals surface area (Å²) in [7, 11) is -3.48. The van der Waals surface area contributed by atoms with E-state index in [0.717, 1.165) is 34.8 Å². The first-order valence-corrected chi connectivity index (χ1v) is 12.4. The molecule has 0 spiro atoms. The molecule has 0 aliphatic heterocycles. The van der Waals surface area contributed by atoms with Gasteiger partial charge in [-0.15, -0.1) is 13.2 Å². The number of aryl methyl sites for hydroxylation is 1. The molecule has 0 unspecified atom stereocenters. The topological polar surface area (TPSA) is 101 Å². The monoisotopic (exact) mass is 470 g/mol. The van der Waals surface area contributed by atoms with Crippen LogP contribution in [0.1, 0.15) is 30.1 Å². The quantitative estimate of drug-likeness (QED) is 0.0957. The predicted molar refractivity (Wildman–Crippen MR) is 130 cm³/mol. The van der Waals surface area contributed by atoms with Crippen LogP contribution in [0.4, 0.5) is 5.69 Å². The van der Waals surface area contributed by atoms with Gasteiger partial charge < -0.3 is 13.6 Å². The van der Waals surface area contributed by atoms with E-state index in [1.165, 1.54) is 18.2 Å². The molecular weight excluding hydrogens is 443 g/mol. The third-order valence-corrected chi connectivity index (χ3v) is 7.08. The molecule has 174 valence electrons. The summed E-state index contributed by atoms with van der Waals surface area (Å²) in [6.45, 7) is 9.97. The average molecular weight is 470 g/mol. The minimum absolute atomic E-state index is 0.00514. The number of carbonyl (C=O) groups excluding carboxylic acids is 1. The third-order valence-electron chi connectivity index (χ3n) is 5.22. The van der Waals surface area contributed by atoms with Crippen LogP contribution in [0.5, 0.6) is 0 Å². The van der Waals surface area contributed by atoms with Gasteiger partial charge in [-0.05, 0) is 30.7 Å². The van der Waals surface area contributed by atoms with Crippen molar-refractivity contribution >= 4 is 40.9 Å². The van der Waals surface area contributed by atoms with E-state index in [1.54, 1.807) is 24.3 Å². The number of benzene rings is 2. The van der Waals surface area contributed by atoms with E-state index >= 15 is 0 Å². The zero-order valence-electron chi connectivity index (χ0n) is 18.6. The molecule has 0 fully saturated rings. The molecule has 9 heteroatoms. The summed E-state index contributed by atoms with van der Waals surface area (Å²) in [5, 5.41) is 12.8. The van der Waals surface area contributed by atoms with Crippen molar-refractivity contribution in [3.63, 3.8) is 0 Å². The van der Waals surface area contributed by atoms with Crippen LogP contribution in [0.25, 0.3) is 21.8 Å². The number of aromatic nitrogens is 1. The number of hydrogen-bond acceptors (Lipinski definition) is 6. The summed E-state index contributed by atoms with van der Waals surface area (Å²) >= 11 is 0. The van der Waals surface area contributed by atoms with E-state index in [9.17, 15) is 19.5 Å². The van der Waals surface area contributed by atoms with Crippen LogP contribution >= 0.6 is 7.60 Å². The molecule has 0 bridgehead atoms. The van der Waals surface area contributed by atoms with Gasteiger partial charge in [0.1, 0.15) is 0 Å². The maximum atomic E-state index is 12.9. The molecule has 33 heavy (non-hydrogen) atoms. The molecule has 0 N–H and O–H groups in total. The van der Waals surface area contributed by atoms with Crippen LogP contribution in [0, 0.1) is 10.1 Å². The van der Waals surface area contributed by atoms with E-state index in [2.05, 4.69) is 24.6 Å². The first-order valence-electron chi connectivity index (χ1n) is 10.7. The van der Waals surface area contributed by atoms with Crippen molar-refractivity contribution in [2.24, 2.45) is 0 Å². The predicted octanol–water partition coefficient (Wildman–Crippen LogP) is 6.28. The average Bonchev–Trinajstić information content (AvgIpc) is 3.12. The second kappa shape index (κ2) is 10.7. The molecule has 0 saturated carbocycles. The lowest BCUT2D eigenvalue weighted by atomic mass is 10.0. The fraction of sp³-hybridized carbons (Fsp3) is 0.292. The highest BCUT2D eigenvalue weighted by atomic mass is 31.2. The molecule has 0 amide bonds. The summed E-state index contributed by atoms with van der Waals surface area (Å²) in [6.07, 6.45) is 3.70. The molecule has 3 aromatic rings. The fourth-order valence-electron chi connectivity index (χ4n) is 3.73. The van der Waals surface area contributed by atoms with Crippen LogP contribution in [-0.2, 0) is 20.2 Å². The maximum absolute atomic E-state index is 12.9. The first kappa shape index (κ1) is 24.6. The third kappa shape index (κ3) is 5.47. The summed E-state index contributed by atoms with van der Waals surface area (Å²) in [4.78, 5) is 23.8. The number of non-ortho nitro benzene ring substituents is 1. The zero-order valence-corrected chi connectivity index (χ0v) is 19.5. The van der Waals surface area contributed by atoms with Crippen LogP contribution in [-0.4, -0.2) is 34.6 Å². The Morgan fingerprint density at radius 3 is 2.27 bits per heavy atom. The number of carbonyl (C=O) groups is 1. The van der Waals surface area contributed by atoms with Crippen molar-refractivity contribution < 1.29 is 23.3 Å². The van der Waals surface area contributed by atoms with Crippen molar-refractivity contribution in [2.45, 2.75) is 26.3 Å². The van der Waals surface area contributed by atoms with Gasteiger partial charge in [-0.2, -0.15) is 0 Å². The standard InChI is InChI=1S/C24H27N2O6P/c1-4-12-25-22-9-7-18(16-20(22)21-17-19(26(28)29)8-10-23(21)25)24(27)11-15-33(30,31-13-5-2)32-14-6-3/h5-10,16-17H,2-4,11-15H2,1H3. The molecule has 0 radical (unpaired) electrons. The second-order valence-corrected chi connectivity index (χ2v) is 9.70. The molecule has 1 aromatic heterocycles. The zero-order chi connectivity index (χ0) is 24.0. The number of nitro benzene ring substituents is 1. The maximum Gasteiger partial charge on any atom is 0.331 e. The van der Waals surface area contributed by atoms with Gasteiger partial charge in [-0.1, -0.05) is 19.1 Å². The molecular formula is C24H27N2O6P. The summed E-state index contributed by atoms with van der Waals surface area (Å²) in [5.41, 5.74) is 2.21. The molecule has 0 atom stereocenters. The number of nitrogens with zero attached hydrogens (tertiary/aromatic N) is 2. The van der Waals surface area contributed by atoms with E-state index in [0.29, 0.717) is 5.56 Å². The van der Waals surface area contributed by atoms with Gasteiger partial charge >= 0.3 is 7.60 Å². The highest BCUT2D eigenvalue weighted by molar-refractivity contribution is 7.53. The largest absolute Gasteiger partial charge is 0.340 e. The number of nitro groups is 1. The van der Waals surface area contributed by atoms with Gasteiger partial charge in [0, 0.05) is 52.5 Å². The Kier molecular flexibility index (Phi) is 7.97.